The van der Waals surface area contributed by atoms with Crippen molar-refractivity contribution in [3.63, 3.8) is 0 Å². The lowest BCUT2D eigenvalue weighted by Crippen LogP contribution is -2.15. The monoisotopic (exact) mass is 363 g/mol. The van der Waals surface area contributed by atoms with Crippen molar-refractivity contribution in [2.24, 2.45) is 0 Å². The molecule has 1 amide bonds. The van der Waals surface area contributed by atoms with Gasteiger partial charge in [-0.05, 0) is 45.0 Å². The maximum atomic E-state index is 12.6. The highest BCUT2D eigenvalue weighted by atomic mass is 35.5. The second-order valence-electron chi connectivity index (χ2n) is 5.54. The second kappa shape index (κ2) is 8.62. The summed E-state index contributed by atoms with van der Waals surface area (Å²) in [5.41, 5.74) is 0.954. The van der Waals surface area contributed by atoms with Crippen LogP contribution in [0.5, 0.6) is 17.2 Å². The summed E-state index contributed by atoms with van der Waals surface area (Å²) in [5, 5.41) is 3.16. The maximum Gasteiger partial charge on any atom is 0.255 e. The minimum Gasteiger partial charge on any atom is -0.493 e. The Morgan fingerprint density at radius 3 is 2.56 bits per heavy atom. The first kappa shape index (κ1) is 18.9. The molecule has 6 heteroatoms. The van der Waals surface area contributed by atoms with E-state index >= 15 is 0 Å². The molecule has 0 saturated carbocycles. The van der Waals surface area contributed by atoms with Crippen molar-refractivity contribution >= 4 is 23.2 Å². The van der Waals surface area contributed by atoms with Crippen molar-refractivity contribution < 1.29 is 19.0 Å². The number of anilines is 1. The van der Waals surface area contributed by atoms with E-state index in [1.165, 1.54) is 7.11 Å². The highest BCUT2D eigenvalue weighted by molar-refractivity contribution is 6.32. The Balaban J connectivity index is 2.29. The number of nitrogens with one attached hydrogen (secondary N) is 1. The van der Waals surface area contributed by atoms with E-state index in [1.807, 2.05) is 32.9 Å². The van der Waals surface area contributed by atoms with Gasteiger partial charge in [-0.2, -0.15) is 0 Å². The average molecular weight is 364 g/mol. The summed E-state index contributed by atoms with van der Waals surface area (Å²) in [4.78, 5) is 12.6. The first-order chi connectivity index (χ1) is 12.0. The van der Waals surface area contributed by atoms with Crippen LogP contribution in [0.1, 0.15) is 31.1 Å². The normalized spacial score (nSPS) is 10.5. The number of hydrogen-bond acceptors (Lipinski definition) is 4. The molecular formula is C19H22ClNO4. The smallest absolute Gasteiger partial charge is 0.255 e. The third-order valence-corrected chi connectivity index (χ3v) is 3.56. The Morgan fingerprint density at radius 1 is 1.20 bits per heavy atom. The van der Waals surface area contributed by atoms with Crippen molar-refractivity contribution in [1.29, 1.82) is 0 Å². The summed E-state index contributed by atoms with van der Waals surface area (Å²) in [5.74, 6) is 1.12. The average Bonchev–Trinajstić information content (AvgIpc) is 2.57. The number of benzene rings is 2. The van der Waals surface area contributed by atoms with Crippen molar-refractivity contribution in [2.75, 3.05) is 19.0 Å². The molecule has 0 aromatic heterocycles. The number of amides is 1. The van der Waals surface area contributed by atoms with E-state index in [-0.39, 0.29) is 12.0 Å². The molecule has 0 fully saturated rings. The Bertz CT molecular complexity index is 746. The number of ether oxygens (including phenoxy) is 3. The second-order valence-corrected chi connectivity index (χ2v) is 5.95. The van der Waals surface area contributed by atoms with Crippen molar-refractivity contribution in [3.8, 4) is 17.2 Å². The van der Waals surface area contributed by atoms with Crippen LogP contribution in [0, 0.1) is 0 Å². The molecule has 0 unspecified atom stereocenters. The van der Waals surface area contributed by atoms with Gasteiger partial charge in [0.2, 0.25) is 0 Å². The van der Waals surface area contributed by atoms with Crippen LogP contribution in [-0.2, 0) is 0 Å². The Labute approximate surface area is 152 Å². The number of halogens is 1. The van der Waals surface area contributed by atoms with Gasteiger partial charge in [-0.25, -0.2) is 0 Å². The topological polar surface area (TPSA) is 56.8 Å². The van der Waals surface area contributed by atoms with Gasteiger partial charge in [-0.3, -0.25) is 4.79 Å². The molecule has 0 radical (unpaired) electrons. The number of rotatable bonds is 7. The van der Waals surface area contributed by atoms with Crippen LogP contribution in [0.15, 0.2) is 36.4 Å². The van der Waals surface area contributed by atoms with Gasteiger partial charge in [0.15, 0.2) is 11.5 Å². The first-order valence-corrected chi connectivity index (χ1v) is 8.41. The third-order valence-electron chi connectivity index (χ3n) is 3.28. The summed E-state index contributed by atoms with van der Waals surface area (Å²) in [7, 11) is 1.50. The van der Waals surface area contributed by atoms with Gasteiger partial charge in [0, 0.05) is 5.56 Å². The number of para-hydroxylation sites is 2. The molecule has 0 aliphatic heterocycles. The van der Waals surface area contributed by atoms with Crippen LogP contribution in [0.2, 0.25) is 5.02 Å². The molecular weight excluding hydrogens is 342 g/mol. The van der Waals surface area contributed by atoms with Crippen molar-refractivity contribution in [2.45, 2.75) is 26.9 Å². The molecule has 2 aromatic carbocycles. The minimum atomic E-state index is -0.317. The van der Waals surface area contributed by atoms with Gasteiger partial charge in [0.1, 0.15) is 5.75 Å². The molecule has 0 bridgehead atoms. The van der Waals surface area contributed by atoms with Crippen molar-refractivity contribution in [1.82, 2.24) is 0 Å². The molecule has 2 rings (SSSR count). The fourth-order valence-electron chi connectivity index (χ4n) is 2.26. The zero-order chi connectivity index (χ0) is 18.4. The molecule has 2 aromatic rings. The zero-order valence-electron chi connectivity index (χ0n) is 14.8. The highest BCUT2D eigenvalue weighted by Crippen LogP contribution is 2.37. The van der Waals surface area contributed by atoms with E-state index in [9.17, 15) is 4.79 Å². The number of carbonyl (C=O) groups is 1. The van der Waals surface area contributed by atoms with Crippen LogP contribution in [0.3, 0.4) is 0 Å². The summed E-state index contributed by atoms with van der Waals surface area (Å²) in [6.07, 6.45) is -0.00179. The van der Waals surface area contributed by atoms with Crippen LogP contribution < -0.4 is 19.5 Å². The van der Waals surface area contributed by atoms with Gasteiger partial charge >= 0.3 is 0 Å². The van der Waals surface area contributed by atoms with E-state index in [2.05, 4.69) is 5.32 Å². The number of hydrogen-bond donors (Lipinski definition) is 1. The summed E-state index contributed by atoms with van der Waals surface area (Å²) < 4.78 is 16.5. The van der Waals surface area contributed by atoms with Crippen molar-refractivity contribution in [3.05, 3.63) is 47.0 Å². The third kappa shape index (κ3) is 4.79. The maximum absolute atomic E-state index is 12.6. The largest absolute Gasteiger partial charge is 0.493 e. The molecule has 0 atom stereocenters. The van der Waals surface area contributed by atoms with Crippen LogP contribution in [-0.4, -0.2) is 25.7 Å². The van der Waals surface area contributed by atoms with E-state index < -0.39 is 0 Å². The van der Waals surface area contributed by atoms with Gasteiger partial charge in [0.25, 0.3) is 5.91 Å². The zero-order valence-corrected chi connectivity index (χ0v) is 15.5. The Morgan fingerprint density at radius 2 is 1.92 bits per heavy atom. The standard InChI is InChI=1S/C19H22ClNO4/c1-5-24-18-14(20)10-13(11-17(18)23-4)19(22)21-15-8-6-7-9-16(15)25-12(2)3/h6-12H,5H2,1-4H3,(H,21,22). The van der Waals surface area contributed by atoms with E-state index in [0.717, 1.165) is 0 Å². The molecule has 0 aliphatic carbocycles. The fraction of sp³-hybridized carbons (Fsp3) is 0.316. The Hall–Kier alpha value is -2.40. The van der Waals surface area contributed by atoms with Gasteiger partial charge in [0.05, 0.1) is 30.5 Å². The molecule has 134 valence electrons. The number of methoxy groups -OCH3 is 1. The van der Waals surface area contributed by atoms with E-state index in [0.29, 0.717) is 40.1 Å². The predicted octanol–water partition coefficient (Wildman–Crippen LogP) is 4.79. The SMILES string of the molecule is CCOc1c(Cl)cc(C(=O)Nc2ccccc2OC(C)C)cc1OC. The van der Waals surface area contributed by atoms with Gasteiger partial charge < -0.3 is 19.5 Å². The predicted molar refractivity (Wildman–Crippen MR) is 99.3 cm³/mol. The molecule has 1 N–H and O–H groups in total. The lowest BCUT2D eigenvalue weighted by atomic mass is 10.1. The highest BCUT2D eigenvalue weighted by Gasteiger charge is 2.17. The number of carbonyl (C=O) groups excluding carboxylic acids is 1. The van der Waals surface area contributed by atoms with Gasteiger partial charge in [-0.15, -0.1) is 0 Å². The molecule has 0 aliphatic rings. The van der Waals surface area contributed by atoms with Crippen LogP contribution in [0.25, 0.3) is 0 Å². The summed E-state index contributed by atoms with van der Waals surface area (Å²) in [6.45, 7) is 6.15. The van der Waals surface area contributed by atoms with E-state index in [4.69, 9.17) is 25.8 Å². The first-order valence-electron chi connectivity index (χ1n) is 8.03. The van der Waals surface area contributed by atoms with Crippen LogP contribution in [0.4, 0.5) is 5.69 Å². The quantitative estimate of drug-likeness (QED) is 0.768. The molecule has 0 saturated heterocycles. The molecule has 25 heavy (non-hydrogen) atoms. The fourth-order valence-corrected chi connectivity index (χ4v) is 2.52. The lowest BCUT2D eigenvalue weighted by Gasteiger charge is -2.16. The van der Waals surface area contributed by atoms with E-state index in [1.54, 1.807) is 24.3 Å². The molecule has 0 heterocycles. The summed E-state index contributed by atoms with van der Waals surface area (Å²) >= 11 is 6.23. The van der Waals surface area contributed by atoms with Crippen LogP contribution >= 0.6 is 11.6 Å². The lowest BCUT2D eigenvalue weighted by molar-refractivity contribution is 0.102. The molecule has 5 nitrogen and oxygen atoms in total. The minimum absolute atomic E-state index is 0.00179. The van der Waals surface area contributed by atoms with Gasteiger partial charge in [-0.1, -0.05) is 23.7 Å². The molecule has 0 spiro atoms. The Kier molecular flexibility index (Phi) is 6.53. The summed E-state index contributed by atoms with van der Waals surface area (Å²) in [6, 6.07) is 10.4.